The van der Waals surface area contributed by atoms with E-state index < -0.39 is 0 Å². The number of benzene rings is 1. The van der Waals surface area contributed by atoms with E-state index in [1.165, 1.54) is 10.4 Å². The molecule has 108 valence electrons. The van der Waals surface area contributed by atoms with E-state index in [2.05, 4.69) is 36.3 Å². The van der Waals surface area contributed by atoms with Crippen LogP contribution >= 0.6 is 11.3 Å². The third kappa shape index (κ3) is 4.05. The standard InChI is InChI=1S/C16H22N2OS/c1-11(17-4)9-14-5-7-15(8-6-14)19-10-16-18-12(2)13(3)20-16/h5-8,11,17H,9-10H2,1-4H3. The Kier molecular flexibility index (Phi) is 5.15. The third-order valence-electron chi connectivity index (χ3n) is 3.39. The van der Waals surface area contributed by atoms with Crippen LogP contribution in [-0.2, 0) is 13.0 Å². The van der Waals surface area contributed by atoms with Gasteiger partial charge in [0.2, 0.25) is 0 Å². The van der Waals surface area contributed by atoms with Crippen LogP contribution in [0.4, 0.5) is 0 Å². The molecule has 0 radical (unpaired) electrons. The summed E-state index contributed by atoms with van der Waals surface area (Å²) >= 11 is 1.70. The van der Waals surface area contributed by atoms with Gasteiger partial charge in [-0.05, 0) is 51.9 Å². The Morgan fingerprint density at radius 3 is 2.50 bits per heavy atom. The summed E-state index contributed by atoms with van der Waals surface area (Å²) in [5.41, 5.74) is 2.42. The highest BCUT2D eigenvalue weighted by Crippen LogP contribution is 2.19. The first-order valence-electron chi connectivity index (χ1n) is 6.90. The predicted octanol–water partition coefficient (Wildman–Crippen LogP) is 3.49. The Bertz CT molecular complexity index is 529. The molecule has 20 heavy (non-hydrogen) atoms. The Hall–Kier alpha value is -1.39. The van der Waals surface area contributed by atoms with Gasteiger partial charge in [-0.2, -0.15) is 0 Å². The molecule has 1 aromatic heterocycles. The first-order valence-corrected chi connectivity index (χ1v) is 7.72. The predicted molar refractivity (Wildman–Crippen MR) is 84.6 cm³/mol. The second-order valence-corrected chi connectivity index (χ2v) is 6.36. The van der Waals surface area contributed by atoms with E-state index in [1.54, 1.807) is 11.3 Å². The van der Waals surface area contributed by atoms with Gasteiger partial charge in [-0.15, -0.1) is 11.3 Å². The van der Waals surface area contributed by atoms with Gasteiger partial charge >= 0.3 is 0 Å². The van der Waals surface area contributed by atoms with Gasteiger partial charge in [0.05, 0.1) is 5.69 Å². The van der Waals surface area contributed by atoms with Crippen molar-refractivity contribution in [2.75, 3.05) is 7.05 Å². The fourth-order valence-electron chi connectivity index (χ4n) is 1.92. The number of ether oxygens (including phenoxy) is 1. The number of thiazole rings is 1. The quantitative estimate of drug-likeness (QED) is 0.884. The van der Waals surface area contributed by atoms with E-state index in [9.17, 15) is 0 Å². The summed E-state index contributed by atoms with van der Waals surface area (Å²) in [4.78, 5) is 5.74. The Morgan fingerprint density at radius 2 is 1.95 bits per heavy atom. The molecule has 3 nitrogen and oxygen atoms in total. The highest BCUT2D eigenvalue weighted by molar-refractivity contribution is 7.11. The summed E-state index contributed by atoms with van der Waals surface area (Å²) in [6, 6.07) is 8.81. The molecule has 0 bridgehead atoms. The molecule has 0 aliphatic heterocycles. The topological polar surface area (TPSA) is 34.1 Å². The zero-order valence-corrected chi connectivity index (χ0v) is 13.4. The van der Waals surface area contributed by atoms with E-state index in [0.717, 1.165) is 22.9 Å². The molecule has 4 heteroatoms. The van der Waals surface area contributed by atoms with Crippen molar-refractivity contribution < 1.29 is 4.74 Å². The Morgan fingerprint density at radius 1 is 1.25 bits per heavy atom. The number of likely N-dealkylation sites (N-methyl/N-ethyl adjacent to an activating group) is 1. The molecule has 0 fully saturated rings. The van der Waals surface area contributed by atoms with Crippen LogP contribution in [0.2, 0.25) is 0 Å². The molecule has 1 N–H and O–H groups in total. The van der Waals surface area contributed by atoms with Crippen LogP contribution in [0.5, 0.6) is 5.75 Å². The maximum atomic E-state index is 5.78. The fraction of sp³-hybridized carbons (Fsp3) is 0.438. The lowest BCUT2D eigenvalue weighted by molar-refractivity contribution is 0.305. The molecule has 1 aromatic carbocycles. The third-order valence-corrected chi connectivity index (χ3v) is 4.44. The summed E-state index contributed by atoms with van der Waals surface area (Å²) in [5, 5.41) is 4.28. The first kappa shape index (κ1) is 15.0. The number of hydrogen-bond acceptors (Lipinski definition) is 4. The summed E-state index contributed by atoms with van der Waals surface area (Å²) in [7, 11) is 1.99. The number of hydrogen-bond donors (Lipinski definition) is 1. The molecular formula is C16H22N2OS. The molecule has 2 rings (SSSR count). The fourth-order valence-corrected chi connectivity index (χ4v) is 2.77. The molecule has 1 heterocycles. The van der Waals surface area contributed by atoms with Crippen molar-refractivity contribution in [1.82, 2.24) is 10.3 Å². The number of nitrogens with one attached hydrogen (secondary N) is 1. The Balaban J connectivity index is 1.90. The highest BCUT2D eigenvalue weighted by atomic mass is 32.1. The second kappa shape index (κ2) is 6.86. The molecule has 0 aliphatic rings. The summed E-state index contributed by atoms with van der Waals surface area (Å²) < 4.78 is 5.78. The van der Waals surface area contributed by atoms with Crippen molar-refractivity contribution in [1.29, 1.82) is 0 Å². The van der Waals surface area contributed by atoms with Gasteiger partial charge in [0.1, 0.15) is 17.4 Å². The van der Waals surface area contributed by atoms with Gasteiger partial charge in [-0.1, -0.05) is 12.1 Å². The summed E-state index contributed by atoms with van der Waals surface area (Å²) in [6.45, 7) is 6.85. The van der Waals surface area contributed by atoms with E-state index in [0.29, 0.717) is 12.6 Å². The highest BCUT2D eigenvalue weighted by Gasteiger charge is 2.05. The Labute approximate surface area is 125 Å². The van der Waals surface area contributed by atoms with Crippen LogP contribution in [0.25, 0.3) is 0 Å². The average molecular weight is 290 g/mol. The van der Waals surface area contributed by atoms with Gasteiger partial charge in [0, 0.05) is 10.9 Å². The van der Waals surface area contributed by atoms with E-state index >= 15 is 0 Å². The van der Waals surface area contributed by atoms with Crippen molar-refractivity contribution in [3.63, 3.8) is 0 Å². The van der Waals surface area contributed by atoms with Crippen LogP contribution in [0, 0.1) is 13.8 Å². The van der Waals surface area contributed by atoms with Crippen LogP contribution in [-0.4, -0.2) is 18.1 Å². The molecule has 2 aromatic rings. The van der Waals surface area contributed by atoms with Gasteiger partial charge in [0.15, 0.2) is 0 Å². The van der Waals surface area contributed by atoms with Crippen LogP contribution in [0.3, 0.4) is 0 Å². The lowest BCUT2D eigenvalue weighted by atomic mass is 10.1. The maximum Gasteiger partial charge on any atom is 0.140 e. The first-order chi connectivity index (χ1) is 9.58. The zero-order chi connectivity index (χ0) is 14.5. The maximum absolute atomic E-state index is 5.78. The minimum absolute atomic E-state index is 0.489. The second-order valence-electron chi connectivity index (χ2n) is 5.08. The van der Waals surface area contributed by atoms with Crippen molar-refractivity contribution in [3.05, 3.63) is 45.4 Å². The molecule has 1 atom stereocenters. The number of aryl methyl sites for hydroxylation is 2. The molecule has 0 saturated carbocycles. The SMILES string of the molecule is CNC(C)Cc1ccc(OCc2nc(C)c(C)s2)cc1. The monoisotopic (exact) mass is 290 g/mol. The van der Waals surface area contributed by atoms with E-state index in [1.807, 2.05) is 26.1 Å². The van der Waals surface area contributed by atoms with Gasteiger partial charge in [-0.25, -0.2) is 4.98 Å². The van der Waals surface area contributed by atoms with Gasteiger partial charge in [0.25, 0.3) is 0 Å². The van der Waals surface area contributed by atoms with Gasteiger partial charge in [-0.3, -0.25) is 0 Å². The molecule has 0 saturated heterocycles. The summed E-state index contributed by atoms with van der Waals surface area (Å²) in [6.07, 6.45) is 1.03. The average Bonchev–Trinajstić information content (AvgIpc) is 2.77. The van der Waals surface area contributed by atoms with E-state index in [-0.39, 0.29) is 0 Å². The molecule has 0 aliphatic carbocycles. The molecule has 1 unspecified atom stereocenters. The van der Waals surface area contributed by atoms with Crippen molar-refractivity contribution >= 4 is 11.3 Å². The van der Waals surface area contributed by atoms with E-state index in [4.69, 9.17) is 4.74 Å². The van der Waals surface area contributed by atoms with Crippen LogP contribution in [0.1, 0.15) is 28.1 Å². The van der Waals surface area contributed by atoms with Crippen molar-refractivity contribution in [2.45, 2.75) is 39.8 Å². The lowest BCUT2D eigenvalue weighted by Gasteiger charge is -2.10. The smallest absolute Gasteiger partial charge is 0.140 e. The lowest BCUT2D eigenvalue weighted by Crippen LogP contribution is -2.23. The zero-order valence-electron chi connectivity index (χ0n) is 12.6. The molecule has 0 amide bonds. The number of rotatable bonds is 6. The minimum atomic E-state index is 0.489. The molecule has 0 spiro atoms. The van der Waals surface area contributed by atoms with Crippen molar-refractivity contribution in [3.8, 4) is 5.75 Å². The van der Waals surface area contributed by atoms with Gasteiger partial charge < -0.3 is 10.1 Å². The molecular weight excluding hydrogens is 268 g/mol. The largest absolute Gasteiger partial charge is 0.486 e. The van der Waals surface area contributed by atoms with Crippen LogP contribution < -0.4 is 10.1 Å². The van der Waals surface area contributed by atoms with Crippen molar-refractivity contribution in [2.24, 2.45) is 0 Å². The van der Waals surface area contributed by atoms with Crippen LogP contribution in [0.15, 0.2) is 24.3 Å². The number of aromatic nitrogens is 1. The number of nitrogens with zero attached hydrogens (tertiary/aromatic N) is 1. The normalized spacial score (nSPS) is 12.4. The summed E-state index contributed by atoms with van der Waals surface area (Å²) in [5.74, 6) is 0.899. The minimum Gasteiger partial charge on any atom is -0.486 e.